The Bertz CT molecular complexity index is 361. The summed E-state index contributed by atoms with van der Waals surface area (Å²) in [6, 6.07) is 2.29. The maximum absolute atomic E-state index is 4.77. The molecule has 1 unspecified atom stereocenters. The monoisotopic (exact) mass is 278 g/mol. The van der Waals surface area contributed by atoms with Crippen molar-refractivity contribution in [1.29, 1.82) is 0 Å². The van der Waals surface area contributed by atoms with E-state index in [0.717, 1.165) is 0 Å². The SMILES string of the molecule is CCCCCCCC(C)(CCCC)c1cc(C)n(C)n1. The lowest BCUT2D eigenvalue weighted by atomic mass is 9.77. The lowest BCUT2D eigenvalue weighted by molar-refractivity contribution is 0.356. The van der Waals surface area contributed by atoms with Crippen LogP contribution >= 0.6 is 0 Å². The summed E-state index contributed by atoms with van der Waals surface area (Å²) in [7, 11) is 2.06. The number of rotatable bonds is 10. The molecule has 1 heterocycles. The van der Waals surface area contributed by atoms with Crippen molar-refractivity contribution in [1.82, 2.24) is 9.78 Å². The predicted octanol–water partition coefficient (Wildman–Crippen LogP) is 5.54. The first-order chi connectivity index (χ1) is 9.53. The number of unbranched alkanes of at least 4 members (excludes halogenated alkanes) is 5. The molecule has 1 atom stereocenters. The van der Waals surface area contributed by atoms with Crippen LogP contribution in [0.25, 0.3) is 0 Å². The Morgan fingerprint density at radius 3 is 2.15 bits per heavy atom. The molecule has 0 radical (unpaired) electrons. The van der Waals surface area contributed by atoms with Gasteiger partial charge in [-0.05, 0) is 25.8 Å². The highest BCUT2D eigenvalue weighted by Gasteiger charge is 2.28. The molecule has 20 heavy (non-hydrogen) atoms. The van der Waals surface area contributed by atoms with Crippen LogP contribution in [-0.2, 0) is 12.5 Å². The standard InChI is InChI=1S/C18H34N2/c1-6-8-10-11-12-14-18(4,13-9-7-2)17-15-16(3)20(5)19-17/h15H,6-14H2,1-5H3. The van der Waals surface area contributed by atoms with Crippen LogP contribution < -0.4 is 0 Å². The van der Waals surface area contributed by atoms with Crippen molar-refractivity contribution >= 4 is 0 Å². The van der Waals surface area contributed by atoms with Gasteiger partial charge in [0.2, 0.25) is 0 Å². The molecule has 1 rings (SSSR count). The van der Waals surface area contributed by atoms with Crippen LogP contribution in [-0.4, -0.2) is 9.78 Å². The van der Waals surface area contributed by atoms with Gasteiger partial charge in [0, 0.05) is 18.2 Å². The Labute approximate surface area is 126 Å². The molecule has 0 fully saturated rings. The fourth-order valence-corrected chi connectivity index (χ4v) is 2.92. The average molecular weight is 278 g/mol. The number of hydrogen-bond donors (Lipinski definition) is 0. The highest BCUT2D eigenvalue weighted by molar-refractivity contribution is 5.18. The topological polar surface area (TPSA) is 17.8 Å². The molecular weight excluding hydrogens is 244 g/mol. The lowest BCUT2D eigenvalue weighted by Crippen LogP contribution is -2.23. The Balaban J connectivity index is 2.65. The molecule has 0 aliphatic rings. The first kappa shape index (κ1) is 17.3. The summed E-state index contributed by atoms with van der Waals surface area (Å²) in [4.78, 5) is 0. The van der Waals surface area contributed by atoms with Crippen LogP contribution in [0.1, 0.15) is 89.9 Å². The van der Waals surface area contributed by atoms with Gasteiger partial charge in [-0.1, -0.05) is 65.7 Å². The molecule has 0 spiro atoms. The maximum Gasteiger partial charge on any atom is 0.0686 e. The van der Waals surface area contributed by atoms with E-state index in [9.17, 15) is 0 Å². The van der Waals surface area contributed by atoms with E-state index < -0.39 is 0 Å². The van der Waals surface area contributed by atoms with Crippen molar-refractivity contribution in [3.05, 3.63) is 17.5 Å². The van der Waals surface area contributed by atoms with E-state index in [1.165, 1.54) is 69.2 Å². The van der Waals surface area contributed by atoms with E-state index in [2.05, 4.69) is 40.8 Å². The van der Waals surface area contributed by atoms with Gasteiger partial charge < -0.3 is 0 Å². The second-order valence-electron chi connectivity index (χ2n) is 6.62. The van der Waals surface area contributed by atoms with E-state index in [-0.39, 0.29) is 5.41 Å². The molecule has 0 N–H and O–H groups in total. The van der Waals surface area contributed by atoms with Crippen molar-refractivity contribution in [2.45, 2.75) is 90.9 Å². The highest BCUT2D eigenvalue weighted by Crippen LogP contribution is 2.34. The van der Waals surface area contributed by atoms with Gasteiger partial charge >= 0.3 is 0 Å². The van der Waals surface area contributed by atoms with Crippen LogP contribution in [0.3, 0.4) is 0 Å². The van der Waals surface area contributed by atoms with Crippen molar-refractivity contribution < 1.29 is 0 Å². The average Bonchev–Trinajstić information content (AvgIpc) is 2.77. The summed E-state index contributed by atoms with van der Waals surface area (Å²) >= 11 is 0. The summed E-state index contributed by atoms with van der Waals surface area (Å²) in [5, 5.41) is 4.77. The van der Waals surface area contributed by atoms with Crippen molar-refractivity contribution in [3.8, 4) is 0 Å². The third kappa shape index (κ3) is 4.96. The van der Waals surface area contributed by atoms with Crippen LogP contribution in [0.4, 0.5) is 0 Å². The van der Waals surface area contributed by atoms with Gasteiger partial charge in [0.25, 0.3) is 0 Å². The van der Waals surface area contributed by atoms with Crippen LogP contribution in [0.15, 0.2) is 6.07 Å². The molecule has 0 amide bonds. The minimum Gasteiger partial charge on any atom is -0.273 e. The fourth-order valence-electron chi connectivity index (χ4n) is 2.92. The zero-order valence-corrected chi connectivity index (χ0v) is 14.3. The second kappa shape index (κ2) is 8.49. The van der Waals surface area contributed by atoms with E-state index in [4.69, 9.17) is 5.10 Å². The first-order valence-corrected chi connectivity index (χ1v) is 8.54. The van der Waals surface area contributed by atoms with Crippen molar-refractivity contribution in [2.24, 2.45) is 7.05 Å². The van der Waals surface area contributed by atoms with Gasteiger partial charge in [-0.3, -0.25) is 4.68 Å². The van der Waals surface area contributed by atoms with Gasteiger partial charge in [-0.25, -0.2) is 0 Å². The van der Waals surface area contributed by atoms with Crippen molar-refractivity contribution in [3.63, 3.8) is 0 Å². The quantitative estimate of drug-likeness (QED) is 0.514. The van der Waals surface area contributed by atoms with Gasteiger partial charge in [0.15, 0.2) is 0 Å². The molecule has 0 bridgehead atoms. The second-order valence-corrected chi connectivity index (χ2v) is 6.62. The summed E-state index contributed by atoms with van der Waals surface area (Å²) in [5.41, 5.74) is 2.85. The zero-order valence-electron chi connectivity index (χ0n) is 14.3. The lowest BCUT2D eigenvalue weighted by Gasteiger charge is -2.28. The molecular formula is C18H34N2. The highest BCUT2D eigenvalue weighted by atomic mass is 15.3. The van der Waals surface area contributed by atoms with E-state index >= 15 is 0 Å². The Kier molecular flexibility index (Phi) is 7.32. The predicted molar refractivity (Wildman–Crippen MR) is 88.2 cm³/mol. The normalized spacial score (nSPS) is 14.4. The van der Waals surface area contributed by atoms with Gasteiger partial charge in [-0.2, -0.15) is 5.10 Å². The molecule has 0 aliphatic heterocycles. The summed E-state index contributed by atoms with van der Waals surface area (Å²) in [6.07, 6.45) is 12.0. The summed E-state index contributed by atoms with van der Waals surface area (Å²) < 4.78 is 2.02. The van der Waals surface area contributed by atoms with Crippen LogP contribution in [0.2, 0.25) is 0 Å². The third-order valence-electron chi connectivity index (χ3n) is 4.65. The maximum atomic E-state index is 4.77. The minimum absolute atomic E-state index is 0.272. The van der Waals surface area contributed by atoms with E-state index in [1.54, 1.807) is 0 Å². The van der Waals surface area contributed by atoms with Gasteiger partial charge in [-0.15, -0.1) is 0 Å². The number of aromatic nitrogens is 2. The molecule has 0 saturated carbocycles. The molecule has 2 nitrogen and oxygen atoms in total. The molecule has 1 aromatic rings. The van der Waals surface area contributed by atoms with Gasteiger partial charge in [0.1, 0.15) is 0 Å². The van der Waals surface area contributed by atoms with Crippen LogP contribution in [0.5, 0.6) is 0 Å². The minimum atomic E-state index is 0.272. The smallest absolute Gasteiger partial charge is 0.0686 e. The Morgan fingerprint density at radius 1 is 1.00 bits per heavy atom. The molecule has 0 aliphatic carbocycles. The Hall–Kier alpha value is -0.790. The fraction of sp³-hybridized carbons (Fsp3) is 0.833. The summed E-state index contributed by atoms with van der Waals surface area (Å²) in [6.45, 7) is 9.13. The van der Waals surface area contributed by atoms with Gasteiger partial charge in [0.05, 0.1) is 5.69 Å². The number of aryl methyl sites for hydroxylation is 2. The largest absolute Gasteiger partial charge is 0.273 e. The van der Waals surface area contributed by atoms with Crippen LogP contribution in [0, 0.1) is 6.92 Å². The summed E-state index contributed by atoms with van der Waals surface area (Å²) in [5.74, 6) is 0. The number of nitrogens with zero attached hydrogens (tertiary/aromatic N) is 2. The molecule has 0 aromatic carbocycles. The Morgan fingerprint density at radius 2 is 1.60 bits per heavy atom. The van der Waals surface area contributed by atoms with E-state index in [1.807, 2.05) is 4.68 Å². The zero-order chi connectivity index (χ0) is 15.0. The first-order valence-electron chi connectivity index (χ1n) is 8.54. The molecule has 116 valence electrons. The molecule has 0 saturated heterocycles. The number of hydrogen-bond acceptors (Lipinski definition) is 1. The molecule has 2 heteroatoms. The van der Waals surface area contributed by atoms with Crippen molar-refractivity contribution in [2.75, 3.05) is 0 Å². The molecule has 1 aromatic heterocycles. The van der Waals surface area contributed by atoms with E-state index in [0.29, 0.717) is 0 Å². The third-order valence-corrected chi connectivity index (χ3v) is 4.65.